The van der Waals surface area contributed by atoms with Gasteiger partial charge in [0.05, 0.1) is 12.7 Å². The zero-order valence-corrected chi connectivity index (χ0v) is 14.7. The topological polar surface area (TPSA) is 55.6 Å². The molecule has 0 saturated carbocycles. The van der Waals surface area contributed by atoms with E-state index < -0.39 is 0 Å². The van der Waals surface area contributed by atoms with E-state index in [1.807, 2.05) is 19.9 Å². The van der Waals surface area contributed by atoms with Crippen LogP contribution in [0.25, 0.3) is 0 Å². The highest BCUT2D eigenvalue weighted by atomic mass is 79.9. The minimum Gasteiger partial charge on any atom is -0.496 e. The van der Waals surface area contributed by atoms with Crippen molar-refractivity contribution in [1.29, 1.82) is 0 Å². The number of hydrogen-bond donors (Lipinski definition) is 1. The van der Waals surface area contributed by atoms with Gasteiger partial charge in [0.2, 0.25) is 0 Å². The first-order chi connectivity index (χ1) is 8.80. The molecule has 114 valence electrons. The van der Waals surface area contributed by atoms with E-state index in [0.29, 0.717) is 24.4 Å². The zero-order chi connectivity index (χ0) is 14.6. The average Bonchev–Trinajstić information content (AvgIpc) is 2.37. The Morgan fingerprint density at radius 1 is 1.45 bits per heavy atom. The molecule has 1 rings (SSSR count). The molecule has 0 radical (unpaired) electrons. The molecule has 0 atom stereocenters. The lowest BCUT2D eigenvalue weighted by molar-refractivity contribution is 0.0737. The monoisotopic (exact) mass is 364 g/mol. The van der Waals surface area contributed by atoms with Crippen LogP contribution in [0.1, 0.15) is 24.2 Å². The summed E-state index contributed by atoms with van der Waals surface area (Å²) in [6.07, 6.45) is 0. The highest BCUT2D eigenvalue weighted by Crippen LogP contribution is 2.25. The third-order valence-electron chi connectivity index (χ3n) is 2.96. The standard InChI is InChI=1S/C14H21BrN2O2.ClH/c1-14(2,8-16)9-17(3)13(18)11-6-5-10(15)7-12(11)19-4;/h5-7H,8-9,16H2,1-4H3;1H. The lowest BCUT2D eigenvalue weighted by Crippen LogP contribution is -2.39. The summed E-state index contributed by atoms with van der Waals surface area (Å²) < 4.78 is 6.13. The molecule has 0 spiro atoms. The van der Waals surface area contributed by atoms with Crippen LogP contribution in [0.15, 0.2) is 22.7 Å². The van der Waals surface area contributed by atoms with Crippen molar-refractivity contribution in [2.75, 3.05) is 27.2 Å². The number of benzene rings is 1. The lowest BCUT2D eigenvalue weighted by Gasteiger charge is -2.29. The van der Waals surface area contributed by atoms with Crippen LogP contribution in [0, 0.1) is 5.41 Å². The second-order valence-corrected chi connectivity index (χ2v) is 6.29. The maximum absolute atomic E-state index is 12.4. The second-order valence-electron chi connectivity index (χ2n) is 5.37. The van der Waals surface area contributed by atoms with Crippen LogP contribution >= 0.6 is 28.3 Å². The molecule has 0 bridgehead atoms. The maximum Gasteiger partial charge on any atom is 0.257 e. The smallest absolute Gasteiger partial charge is 0.257 e. The van der Waals surface area contributed by atoms with Gasteiger partial charge >= 0.3 is 0 Å². The van der Waals surface area contributed by atoms with E-state index in [9.17, 15) is 4.79 Å². The van der Waals surface area contributed by atoms with E-state index in [1.165, 1.54) is 0 Å². The van der Waals surface area contributed by atoms with Crippen LogP contribution in [0.4, 0.5) is 0 Å². The van der Waals surface area contributed by atoms with E-state index >= 15 is 0 Å². The first kappa shape index (κ1) is 19.2. The highest BCUT2D eigenvalue weighted by Gasteiger charge is 2.23. The summed E-state index contributed by atoms with van der Waals surface area (Å²) in [6.45, 7) is 5.20. The first-order valence-electron chi connectivity index (χ1n) is 6.10. The molecular formula is C14H22BrClN2O2. The summed E-state index contributed by atoms with van der Waals surface area (Å²) in [5.41, 5.74) is 6.15. The Kier molecular flexibility index (Phi) is 7.55. The largest absolute Gasteiger partial charge is 0.496 e. The Labute approximate surface area is 135 Å². The molecule has 20 heavy (non-hydrogen) atoms. The van der Waals surface area contributed by atoms with E-state index in [1.54, 1.807) is 31.2 Å². The zero-order valence-electron chi connectivity index (χ0n) is 12.3. The van der Waals surface area contributed by atoms with Gasteiger partial charge in [0.1, 0.15) is 5.75 Å². The molecule has 4 nitrogen and oxygen atoms in total. The second kappa shape index (κ2) is 7.86. The highest BCUT2D eigenvalue weighted by molar-refractivity contribution is 9.10. The van der Waals surface area contributed by atoms with Crippen molar-refractivity contribution in [3.8, 4) is 5.75 Å². The molecule has 0 fully saturated rings. The van der Waals surface area contributed by atoms with Crippen molar-refractivity contribution in [2.45, 2.75) is 13.8 Å². The van der Waals surface area contributed by atoms with Crippen LogP contribution in [0.5, 0.6) is 5.75 Å². The van der Waals surface area contributed by atoms with Crippen molar-refractivity contribution in [3.05, 3.63) is 28.2 Å². The molecule has 0 heterocycles. The summed E-state index contributed by atoms with van der Waals surface area (Å²) >= 11 is 3.36. The predicted molar refractivity (Wildman–Crippen MR) is 87.7 cm³/mol. The number of hydrogen-bond acceptors (Lipinski definition) is 3. The Balaban J connectivity index is 0.00000361. The predicted octanol–water partition coefficient (Wildman–Crippen LogP) is 2.94. The molecule has 0 saturated heterocycles. The summed E-state index contributed by atoms with van der Waals surface area (Å²) in [6, 6.07) is 5.38. The molecular weight excluding hydrogens is 344 g/mol. The van der Waals surface area contributed by atoms with Crippen molar-refractivity contribution < 1.29 is 9.53 Å². The Morgan fingerprint density at radius 3 is 2.55 bits per heavy atom. The number of amides is 1. The fourth-order valence-corrected chi connectivity index (χ4v) is 2.17. The van der Waals surface area contributed by atoms with E-state index in [2.05, 4.69) is 15.9 Å². The SMILES string of the molecule is COc1cc(Br)ccc1C(=O)N(C)CC(C)(C)CN.Cl. The van der Waals surface area contributed by atoms with Crippen LogP contribution in [0.3, 0.4) is 0 Å². The molecule has 1 aromatic carbocycles. The summed E-state index contributed by atoms with van der Waals surface area (Å²) in [5, 5.41) is 0. The lowest BCUT2D eigenvalue weighted by atomic mass is 9.93. The fraction of sp³-hybridized carbons (Fsp3) is 0.500. The van der Waals surface area contributed by atoms with Gasteiger partial charge in [0.25, 0.3) is 5.91 Å². The number of rotatable bonds is 5. The quantitative estimate of drug-likeness (QED) is 0.873. The molecule has 0 aromatic heterocycles. The van der Waals surface area contributed by atoms with Crippen LogP contribution in [0.2, 0.25) is 0 Å². The number of carbonyl (C=O) groups is 1. The van der Waals surface area contributed by atoms with Crippen molar-refractivity contribution >= 4 is 34.2 Å². The number of ether oxygens (including phenoxy) is 1. The minimum atomic E-state index is -0.104. The molecule has 1 aromatic rings. The number of halogens is 2. The summed E-state index contributed by atoms with van der Waals surface area (Å²) in [7, 11) is 3.34. The molecule has 0 unspecified atom stereocenters. The minimum absolute atomic E-state index is 0. The number of carbonyl (C=O) groups excluding carboxylic acids is 1. The molecule has 0 aliphatic carbocycles. The molecule has 1 amide bonds. The van der Waals surface area contributed by atoms with Gasteiger partial charge in [-0.3, -0.25) is 4.79 Å². The average molecular weight is 366 g/mol. The van der Waals surface area contributed by atoms with Crippen LogP contribution in [-0.4, -0.2) is 38.1 Å². The Hall–Kier alpha value is -0.780. The number of nitrogens with two attached hydrogens (primary N) is 1. The normalized spacial score (nSPS) is 10.7. The molecule has 0 aliphatic heterocycles. The van der Waals surface area contributed by atoms with Crippen molar-refractivity contribution in [1.82, 2.24) is 4.90 Å². The van der Waals surface area contributed by atoms with Gasteiger partial charge in [-0.1, -0.05) is 29.8 Å². The Morgan fingerprint density at radius 2 is 2.05 bits per heavy atom. The van der Waals surface area contributed by atoms with E-state index in [0.717, 1.165) is 4.47 Å². The van der Waals surface area contributed by atoms with Crippen LogP contribution in [-0.2, 0) is 0 Å². The van der Waals surface area contributed by atoms with Crippen molar-refractivity contribution in [2.24, 2.45) is 11.1 Å². The molecule has 0 aliphatic rings. The summed E-state index contributed by atoms with van der Waals surface area (Å²) in [4.78, 5) is 14.1. The van der Waals surface area contributed by atoms with Gasteiger partial charge in [0, 0.05) is 18.1 Å². The summed E-state index contributed by atoms with van der Waals surface area (Å²) in [5.74, 6) is 0.502. The third-order valence-corrected chi connectivity index (χ3v) is 3.45. The Bertz CT molecular complexity index is 466. The molecule has 2 N–H and O–H groups in total. The van der Waals surface area contributed by atoms with Gasteiger partial charge in [-0.15, -0.1) is 12.4 Å². The van der Waals surface area contributed by atoms with Gasteiger partial charge in [0.15, 0.2) is 0 Å². The van der Waals surface area contributed by atoms with Gasteiger partial charge < -0.3 is 15.4 Å². The number of nitrogens with zero attached hydrogens (tertiary/aromatic N) is 1. The van der Waals surface area contributed by atoms with Gasteiger partial charge in [-0.2, -0.15) is 0 Å². The third kappa shape index (κ3) is 4.96. The maximum atomic E-state index is 12.4. The van der Waals surface area contributed by atoms with E-state index in [4.69, 9.17) is 10.5 Å². The molecule has 6 heteroatoms. The van der Waals surface area contributed by atoms with Crippen LogP contribution < -0.4 is 10.5 Å². The van der Waals surface area contributed by atoms with Gasteiger partial charge in [-0.25, -0.2) is 0 Å². The number of methoxy groups -OCH3 is 1. The van der Waals surface area contributed by atoms with Crippen molar-refractivity contribution in [3.63, 3.8) is 0 Å². The first-order valence-corrected chi connectivity index (χ1v) is 6.89. The van der Waals surface area contributed by atoms with E-state index in [-0.39, 0.29) is 23.7 Å². The van der Waals surface area contributed by atoms with Gasteiger partial charge in [-0.05, 0) is 30.2 Å². The fourth-order valence-electron chi connectivity index (χ4n) is 1.83.